The number of halogens is 1. The molecule has 108 valence electrons. The Morgan fingerprint density at radius 1 is 1.42 bits per heavy atom. The molecule has 9 heteroatoms. The maximum Gasteiger partial charge on any atom is 0.253 e. The molecule has 8 N–H and O–H groups in total. The van der Waals surface area contributed by atoms with Crippen molar-refractivity contribution in [2.75, 3.05) is 6.56 Å². The zero-order chi connectivity index (χ0) is 16.4. The van der Waals surface area contributed by atoms with E-state index in [1.54, 1.807) is 0 Å². The summed E-state index contributed by atoms with van der Waals surface area (Å²) in [5.74, 6) is -3.22. The molecule has 1 aromatic rings. The van der Waals surface area contributed by atoms with Gasteiger partial charge in [-0.15, -0.1) is 12.4 Å². The third-order valence-corrected chi connectivity index (χ3v) is 2.06. The van der Waals surface area contributed by atoms with Gasteiger partial charge < -0.3 is 26.2 Å². The molecule has 8 nitrogen and oxygen atoms in total. The SMILES string of the molecule is Cl.[2H]C([2H])(O)C([2H])(N)C(=O)NNCc1ccc(O)c(O)c1O. The van der Waals surface area contributed by atoms with Crippen LogP contribution in [0.2, 0.25) is 0 Å². The van der Waals surface area contributed by atoms with Gasteiger partial charge >= 0.3 is 0 Å². The van der Waals surface area contributed by atoms with Crippen LogP contribution >= 0.6 is 12.4 Å². The summed E-state index contributed by atoms with van der Waals surface area (Å²) in [5, 5.41) is 36.9. The topological polar surface area (TPSA) is 148 Å². The lowest BCUT2D eigenvalue weighted by molar-refractivity contribution is -0.124. The Labute approximate surface area is 119 Å². The number of hydrogen-bond donors (Lipinski definition) is 7. The average Bonchev–Trinajstić information content (AvgIpc) is 2.37. The van der Waals surface area contributed by atoms with E-state index in [0.717, 1.165) is 6.07 Å². The van der Waals surface area contributed by atoms with Crippen molar-refractivity contribution in [1.29, 1.82) is 0 Å². The van der Waals surface area contributed by atoms with Gasteiger partial charge in [-0.25, -0.2) is 5.43 Å². The minimum absolute atomic E-state index is 0. The van der Waals surface area contributed by atoms with Gasteiger partial charge in [0.15, 0.2) is 11.5 Å². The van der Waals surface area contributed by atoms with E-state index in [4.69, 9.17) is 20.1 Å². The van der Waals surface area contributed by atoms with Gasteiger partial charge in [-0.05, 0) is 6.07 Å². The van der Waals surface area contributed by atoms with Gasteiger partial charge in [0.2, 0.25) is 5.75 Å². The number of hydrogen-bond acceptors (Lipinski definition) is 7. The molecule has 0 heterocycles. The number of hydrazine groups is 1. The molecule has 19 heavy (non-hydrogen) atoms. The Hall–Kier alpha value is -1.74. The van der Waals surface area contributed by atoms with E-state index >= 15 is 0 Å². The van der Waals surface area contributed by atoms with Crippen LogP contribution in [0.1, 0.15) is 9.68 Å². The molecule has 0 saturated carbocycles. The van der Waals surface area contributed by atoms with Crippen molar-refractivity contribution < 1.29 is 29.3 Å². The summed E-state index contributed by atoms with van der Waals surface area (Å²) < 4.78 is 21.0. The lowest BCUT2D eigenvalue weighted by atomic mass is 10.2. The van der Waals surface area contributed by atoms with Crippen molar-refractivity contribution >= 4 is 18.3 Å². The van der Waals surface area contributed by atoms with Crippen LogP contribution in [-0.2, 0) is 11.3 Å². The highest BCUT2D eigenvalue weighted by molar-refractivity contribution is 5.85. The van der Waals surface area contributed by atoms with Crippen molar-refractivity contribution in [2.45, 2.75) is 12.6 Å². The zero-order valence-corrected chi connectivity index (χ0v) is 10.4. The van der Waals surface area contributed by atoms with Gasteiger partial charge in [-0.3, -0.25) is 10.2 Å². The molecule has 0 fully saturated rings. The van der Waals surface area contributed by atoms with E-state index in [9.17, 15) is 15.0 Å². The summed E-state index contributed by atoms with van der Waals surface area (Å²) in [4.78, 5) is 11.5. The van der Waals surface area contributed by atoms with Gasteiger partial charge in [-0.2, -0.15) is 0 Å². The minimum atomic E-state index is -3.27. The number of carbonyl (C=O) groups is 1. The maximum absolute atomic E-state index is 11.5. The quantitative estimate of drug-likeness (QED) is 0.263. The molecular weight excluding hydrogens is 278 g/mol. The Bertz CT molecular complexity index is 553. The highest BCUT2D eigenvalue weighted by Gasteiger charge is 2.13. The first kappa shape index (κ1) is 12.3. The second kappa shape index (κ2) is 7.64. The molecule has 0 bridgehead atoms. The van der Waals surface area contributed by atoms with Crippen LogP contribution in [0.3, 0.4) is 0 Å². The first-order valence-electron chi connectivity index (χ1n) is 6.26. The lowest BCUT2D eigenvalue weighted by Gasteiger charge is -2.12. The molecule has 0 aliphatic rings. The van der Waals surface area contributed by atoms with E-state index < -0.39 is 35.7 Å². The molecule has 0 saturated heterocycles. The number of rotatable bonds is 5. The summed E-state index contributed by atoms with van der Waals surface area (Å²) in [6.45, 7) is -3.49. The number of nitrogens with one attached hydrogen (secondary N) is 2. The fraction of sp³-hybridized carbons (Fsp3) is 0.300. The molecule has 1 amide bonds. The number of aliphatic hydroxyl groups is 1. The van der Waals surface area contributed by atoms with Crippen LogP contribution in [0.4, 0.5) is 0 Å². The maximum atomic E-state index is 11.5. The normalized spacial score (nSPS) is 16.2. The smallest absolute Gasteiger partial charge is 0.253 e. The Kier molecular flexibility index (Phi) is 4.95. The number of nitrogens with two attached hydrogens (primary N) is 1. The molecule has 1 unspecified atom stereocenters. The van der Waals surface area contributed by atoms with Crippen molar-refractivity contribution in [3.05, 3.63) is 17.7 Å². The molecule has 1 aromatic carbocycles. The minimum Gasteiger partial charge on any atom is -0.504 e. The summed E-state index contributed by atoms with van der Waals surface area (Å²) in [6.07, 6.45) is 0. The van der Waals surface area contributed by atoms with Gasteiger partial charge in [0.1, 0.15) is 6.02 Å². The second-order valence-corrected chi connectivity index (χ2v) is 3.27. The molecule has 0 aliphatic heterocycles. The Morgan fingerprint density at radius 3 is 2.63 bits per heavy atom. The van der Waals surface area contributed by atoms with Crippen molar-refractivity contribution in [3.63, 3.8) is 0 Å². The van der Waals surface area contributed by atoms with Crippen LogP contribution in [0, 0.1) is 0 Å². The fourth-order valence-electron chi connectivity index (χ4n) is 1.09. The monoisotopic (exact) mass is 296 g/mol. The van der Waals surface area contributed by atoms with Crippen molar-refractivity contribution in [1.82, 2.24) is 10.9 Å². The Morgan fingerprint density at radius 2 is 2.05 bits per heavy atom. The predicted octanol–water partition coefficient (Wildman–Crippen LogP) is -1.33. The number of aromatic hydroxyl groups is 3. The fourth-order valence-corrected chi connectivity index (χ4v) is 1.09. The molecular formula is C10H16ClN3O5. The Balaban J connectivity index is 0.00000441. The third-order valence-electron chi connectivity index (χ3n) is 2.06. The summed E-state index contributed by atoms with van der Waals surface area (Å²) in [5.41, 5.74) is 9.28. The molecule has 1 atom stereocenters. The zero-order valence-electron chi connectivity index (χ0n) is 12.5. The summed E-state index contributed by atoms with van der Waals surface area (Å²) >= 11 is 0. The second-order valence-electron chi connectivity index (χ2n) is 3.27. The summed E-state index contributed by atoms with van der Waals surface area (Å²) in [6, 6.07) is -0.581. The lowest BCUT2D eigenvalue weighted by Crippen LogP contribution is -2.48. The molecule has 0 aromatic heterocycles. The van der Waals surface area contributed by atoms with Crippen LogP contribution in [-0.4, -0.2) is 38.9 Å². The highest BCUT2D eigenvalue weighted by atomic mass is 35.5. The predicted molar refractivity (Wildman–Crippen MR) is 68.7 cm³/mol. The van der Waals surface area contributed by atoms with Gasteiger partial charge in [0.05, 0.1) is 10.7 Å². The average molecular weight is 297 g/mol. The number of benzene rings is 1. The first-order chi connectivity index (χ1) is 9.48. The van der Waals surface area contributed by atoms with Crippen molar-refractivity contribution in [3.8, 4) is 17.2 Å². The first-order valence-corrected chi connectivity index (χ1v) is 4.76. The molecule has 0 radical (unpaired) electrons. The number of carbonyl (C=O) groups excluding carboxylic acids is 1. The van der Waals surface area contributed by atoms with Crippen LogP contribution in [0.15, 0.2) is 12.1 Å². The standard InChI is InChI=1S/C10H15N3O5.ClH/c11-6(4-14)10(18)13-12-3-5-1-2-7(15)9(17)8(5)16;/h1-2,6,12,14-17H,3-4,11H2,(H,13,18);1H/i4D2,6D;. The molecule has 0 spiro atoms. The van der Waals surface area contributed by atoms with Gasteiger partial charge in [0, 0.05) is 12.1 Å². The van der Waals surface area contributed by atoms with Gasteiger partial charge in [-0.1, -0.05) is 6.07 Å². The van der Waals surface area contributed by atoms with Crippen LogP contribution in [0.25, 0.3) is 0 Å². The van der Waals surface area contributed by atoms with E-state index in [1.807, 2.05) is 5.43 Å². The van der Waals surface area contributed by atoms with E-state index in [2.05, 4.69) is 5.43 Å². The van der Waals surface area contributed by atoms with Gasteiger partial charge in [0.25, 0.3) is 5.91 Å². The van der Waals surface area contributed by atoms with E-state index in [-0.39, 0.29) is 24.5 Å². The van der Waals surface area contributed by atoms with Crippen LogP contribution < -0.4 is 16.6 Å². The molecule has 1 rings (SSSR count). The number of amides is 1. The highest BCUT2D eigenvalue weighted by Crippen LogP contribution is 2.36. The van der Waals surface area contributed by atoms with Crippen molar-refractivity contribution in [2.24, 2.45) is 5.73 Å². The third kappa shape index (κ3) is 4.45. The number of phenolic OH excluding ortho intramolecular Hbond substituents is 3. The van der Waals surface area contributed by atoms with E-state index in [1.165, 1.54) is 6.07 Å². The summed E-state index contributed by atoms with van der Waals surface area (Å²) in [7, 11) is 0. The molecule has 0 aliphatic carbocycles. The largest absolute Gasteiger partial charge is 0.504 e. The van der Waals surface area contributed by atoms with Crippen LogP contribution in [0.5, 0.6) is 17.2 Å². The van der Waals surface area contributed by atoms with E-state index in [0.29, 0.717) is 0 Å². The number of phenols is 3.